The van der Waals surface area contributed by atoms with Gasteiger partial charge in [-0.15, -0.1) is 0 Å². The van der Waals surface area contributed by atoms with Gasteiger partial charge >= 0.3 is 0 Å². The molecule has 172 valence electrons. The molecule has 0 saturated carbocycles. The van der Waals surface area contributed by atoms with Gasteiger partial charge in [-0.3, -0.25) is 4.90 Å². The van der Waals surface area contributed by atoms with Gasteiger partial charge < -0.3 is 14.6 Å². The van der Waals surface area contributed by atoms with Gasteiger partial charge in [-0.05, 0) is 56.1 Å². The quantitative estimate of drug-likeness (QED) is 0.511. The number of phenols is 1. The fourth-order valence-corrected chi connectivity index (χ4v) is 5.46. The minimum absolute atomic E-state index is 0.101. The topological polar surface area (TPSA) is 41.9 Å². The zero-order valence-corrected chi connectivity index (χ0v) is 19.7. The van der Waals surface area contributed by atoms with Crippen molar-refractivity contribution in [3.05, 3.63) is 89.5 Å². The van der Waals surface area contributed by atoms with E-state index in [4.69, 9.17) is 9.47 Å². The Kier molecular flexibility index (Phi) is 5.79. The molecule has 3 aromatic rings. The summed E-state index contributed by atoms with van der Waals surface area (Å²) in [6.45, 7) is 9.66. The molecule has 2 heterocycles. The fourth-order valence-electron chi connectivity index (χ4n) is 5.46. The lowest BCUT2D eigenvalue weighted by atomic mass is 9.68. The molecule has 0 bridgehead atoms. The molecule has 0 aromatic heterocycles. The van der Waals surface area contributed by atoms with Crippen molar-refractivity contribution in [3.8, 4) is 17.2 Å². The first-order valence-electron chi connectivity index (χ1n) is 12.0. The van der Waals surface area contributed by atoms with Gasteiger partial charge in [0.2, 0.25) is 0 Å². The van der Waals surface area contributed by atoms with Crippen molar-refractivity contribution in [2.45, 2.75) is 50.7 Å². The van der Waals surface area contributed by atoms with Crippen molar-refractivity contribution < 1.29 is 14.6 Å². The van der Waals surface area contributed by atoms with E-state index in [0.29, 0.717) is 0 Å². The van der Waals surface area contributed by atoms with Gasteiger partial charge in [0, 0.05) is 36.6 Å². The summed E-state index contributed by atoms with van der Waals surface area (Å²) < 4.78 is 12.7. The highest BCUT2D eigenvalue weighted by Gasteiger charge is 2.45. The Balaban J connectivity index is 1.47. The monoisotopic (exact) mass is 443 g/mol. The van der Waals surface area contributed by atoms with Gasteiger partial charge in [-0.2, -0.15) is 0 Å². The van der Waals surface area contributed by atoms with Crippen LogP contribution in [0.4, 0.5) is 0 Å². The van der Waals surface area contributed by atoms with E-state index >= 15 is 0 Å². The van der Waals surface area contributed by atoms with Crippen molar-refractivity contribution in [2.75, 3.05) is 19.6 Å². The number of hydrogen-bond acceptors (Lipinski definition) is 4. The lowest BCUT2D eigenvalue weighted by Gasteiger charge is -2.45. The molecule has 4 nitrogen and oxygen atoms in total. The zero-order chi connectivity index (χ0) is 23.0. The first kappa shape index (κ1) is 21.8. The van der Waals surface area contributed by atoms with E-state index in [0.717, 1.165) is 36.7 Å². The van der Waals surface area contributed by atoms with Gasteiger partial charge in [0.05, 0.1) is 0 Å². The van der Waals surface area contributed by atoms with Crippen LogP contribution in [0.5, 0.6) is 17.2 Å². The molecule has 0 aliphatic carbocycles. The first-order valence-corrected chi connectivity index (χ1v) is 12.0. The second-order valence-electron chi connectivity index (χ2n) is 9.86. The van der Waals surface area contributed by atoms with Gasteiger partial charge in [0.25, 0.3) is 0 Å². The van der Waals surface area contributed by atoms with E-state index < -0.39 is 5.60 Å². The molecule has 0 amide bonds. The van der Waals surface area contributed by atoms with Gasteiger partial charge in [0.15, 0.2) is 0 Å². The summed E-state index contributed by atoms with van der Waals surface area (Å²) >= 11 is 0. The van der Waals surface area contributed by atoms with Crippen LogP contribution < -0.4 is 9.47 Å². The Morgan fingerprint density at radius 2 is 1.70 bits per heavy atom. The average molecular weight is 444 g/mol. The highest BCUT2D eigenvalue weighted by Crippen LogP contribution is 2.53. The highest BCUT2D eigenvalue weighted by atomic mass is 16.5. The van der Waals surface area contributed by atoms with Crippen LogP contribution in [0.15, 0.2) is 72.8 Å². The van der Waals surface area contributed by atoms with Crippen LogP contribution in [0.3, 0.4) is 0 Å². The summed E-state index contributed by atoms with van der Waals surface area (Å²) in [4.78, 5) is 2.43. The number of nitrogens with zero attached hydrogens (tertiary/aromatic N) is 1. The largest absolute Gasteiger partial charge is 0.508 e. The molecule has 2 aliphatic heterocycles. The lowest BCUT2D eigenvalue weighted by molar-refractivity contribution is 0.0202. The molecule has 33 heavy (non-hydrogen) atoms. The summed E-state index contributed by atoms with van der Waals surface area (Å²) in [5, 5.41) is 10.1. The Morgan fingerprint density at radius 1 is 0.970 bits per heavy atom. The van der Waals surface area contributed by atoms with Crippen LogP contribution in [0.2, 0.25) is 0 Å². The molecule has 0 radical (unpaired) electrons. The third-order valence-corrected chi connectivity index (χ3v) is 6.95. The summed E-state index contributed by atoms with van der Waals surface area (Å²) in [6.07, 6.45) is 1.47. The van der Waals surface area contributed by atoms with Crippen molar-refractivity contribution in [1.29, 1.82) is 0 Å². The maximum Gasteiger partial charge on any atom is 0.127 e. The summed E-state index contributed by atoms with van der Waals surface area (Å²) in [6, 6.07) is 24.7. The smallest absolute Gasteiger partial charge is 0.127 e. The van der Waals surface area contributed by atoms with Gasteiger partial charge in [0.1, 0.15) is 29.0 Å². The molecule has 0 spiro atoms. The predicted octanol–water partition coefficient (Wildman–Crippen LogP) is 5.95. The predicted molar refractivity (Wildman–Crippen MR) is 131 cm³/mol. The van der Waals surface area contributed by atoms with Crippen LogP contribution >= 0.6 is 0 Å². The molecular formula is C29H33NO3. The summed E-state index contributed by atoms with van der Waals surface area (Å²) in [5.41, 5.74) is 3.12. The molecular weight excluding hydrogens is 410 g/mol. The maximum atomic E-state index is 10.1. The van der Waals surface area contributed by atoms with Crippen LogP contribution in [-0.2, 0) is 0 Å². The number of hydrogen-bond donors (Lipinski definition) is 1. The number of aromatic hydroxyl groups is 1. The van der Waals surface area contributed by atoms with E-state index in [1.807, 2.05) is 6.07 Å². The minimum Gasteiger partial charge on any atom is -0.508 e. The Hall–Kier alpha value is -2.98. The van der Waals surface area contributed by atoms with Crippen LogP contribution in [0.25, 0.3) is 0 Å². The van der Waals surface area contributed by atoms with Gasteiger partial charge in [-0.1, -0.05) is 55.5 Å². The molecule has 1 saturated heterocycles. The normalized spacial score (nSPS) is 22.2. The van der Waals surface area contributed by atoms with Crippen LogP contribution in [0.1, 0.15) is 55.7 Å². The second kappa shape index (κ2) is 8.75. The number of benzene rings is 3. The second-order valence-corrected chi connectivity index (χ2v) is 9.86. The van der Waals surface area contributed by atoms with Crippen molar-refractivity contribution in [3.63, 3.8) is 0 Å². The zero-order valence-electron chi connectivity index (χ0n) is 19.7. The minimum atomic E-state index is -0.448. The van der Waals surface area contributed by atoms with Crippen molar-refractivity contribution >= 4 is 0 Å². The van der Waals surface area contributed by atoms with E-state index in [1.165, 1.54) is 17.5 Å². The number of likely N-dealkylation sites (tertiary alicyclic amines) is 1. The van der Waals surface area contributed by atoms with Gasteiger partial charge in [-0.25, -0.2) is 0 Å². The first-order chi connectivity index (χ1) is 15.9. The molecule has 3 aromatic carbocycles. The molecule has 5 rings (SSSR count). The standard InChI is InChI=1S/C29H33NO3/c1-4-16-30-18-24(19-30)32-23-13-10-20(11-14-23)27-25-15-12-22(31)17-26(25)33-29(2,3)28(27)21-8-6-5-7-9-21/h5-15,17,24,27-28,31H,4,16,18-19H2,1-3H3/t27-,28+/m0/s1. The Bertz CT molecular complexity index is 1090. The van der Waals surface area contributed by atoms with E-state index in [2.05, 4.69) is 80.3 Å². The third kappa shape index (κ3) is 4.32. The molecule has 2 aliphatic rings. The number of fused-ring (bicyclic) bond motifs is 1. The average Bonchev–Trinajstić information content (AvgIpc) is 2.77. The number of rotatable bonds is 6. The molecule has 4 heteroatoms. The van der Waals surface area contributed by atoms with Crippen LogP contribution in [0, 0.1) is 0 Å². The summed E-state index contributed by atoms with van der Waals surface area (Å²) in [5.74, 6) is 2.13. The highest BCUT2D eigenvalue weighted by molar-refractivity contribution is 5.52. The SMILES string of the molecule is CCCN1CC(Oc2ccc([C@H]3c4ccc(O)cc4OC(C)(C)[C@@H]3c3ccccc3)cc2)C1. The Labute approximate surface area is 196 Å². The van der Waals surface area contributed by atoms with Crippen LogP contribution in [-0.4, -0.2) is 41.3 Å². The molecule has 2 atom stereocenters. The van der Waals surface area contributed by atoms with Crippen molar-refractivity contribution in [2.24, 2.45) is 0 Å². The van der Waals surface area contributed by atoms with E-state index in [-0.39, 0.29) is 23.7 Å². The fraction of sp³-hybridized carbons (Fsp3) is 0.379. The molecule has 1 N–H and O–H groups in total. The number of ether oxygens (including phenoxy) is 2. The third-order valence-electron chi connectivity index (χ3n) is 6.95. The molecule has 0 unspecified atom stereocenters. The van der Waals surface area contributed by atoms with E-state index in [1.54, 1.807) is 12.1 Å². The van der Waals surface area contributed by atoms with Crippen molar-refractivity contribution in [1.82, 2.24) is 4.90 Å². The summed E-state index contributed by atoms with van der Waals surface area (Å²) in [7, 11) is 0. The lowest BCUT2D eigenvalue weighted by Crippen LogP contribution is -2.53. The van der Waals surface area contributed by atoms with E-state index in [9.17, 15) is 5.11 Å². The number of phenolic OH excluding ortho intramolecular Hbond substituents is 1. The maximum absolute atomic E-state index is 10.1. The Morgan fingerprint density at radius 3 is 2.39 bits per heavy atom. The molecule has 1 fully saturated rings.